The van der Waals surface area contributed by atoms with Crippen LogP contribution in [0.2, 0.25) is 0 Å². The fourth-order valence-corrected chi connectivity index (χ4v) is 6.26. The molecule has 5 nitrogen and oxygen atoms in total. The van der Waals surface area contributed by atoms with E-state index in [1.165, 1.54) is 153 Å². The van der Waals surface area contributed by atoms with Crippen LogP contribution in [0.4, 0.5) is 0 Å². The van der Waals surface area contributed by atoms with Crippen molar-refractivity contribution in [1.82, 2.24) is 0 Å². The van der Waals surface area contributed by atoms with Gasteiger partial charge in [-0.3, -0.25) is 14.4 Å². The quantitative estimate of drug-likeness (QED) is 0.0390. The Kier molecular flexibility index (Phi) is 35.6. The van der Waals surface area contributed by atoms with Crippen LogP contribution < -0.4 is 0 Å². The molecule has 0 saturated carbocycles. The third-order valence-corrected chi connectivity index (χ3v) is 9.38. The molecular formula is C38H72O5S. The third-order valence-electron chi connectivity index (χ3n) is 8.36. The molecular weight excluding hydrogens is 568 g/mol. The van der Waals surface area contributed by atoms with Crippen LogP contribution >= 0.6 is 11.8 Å². The van der Waals surface area contributed by atoms with Crippen molar-refractivity contribution in [2.45, 2.75) is 206 Å². The summed E-state index contributed by atoms with van der Waals surface area (Å²) in [4.78, 5) is 35.7. The van der Waals surface area contributed by atoms with E-state index in [0.717, 1.165) is 32.1 Å². The molecule has 0 amide bonds. The van der Waals surface area contributed by atoms with Crippen LogP contribution in [-0.4, -0.2) is 36.0 Å². The molecule has 260 valence electrons. The maximum atomic E-state index is 11.9. The first-order chi connectivity index (χ1) is 21.6. The second kappa shape index (κ2) is 36.4. The van der Waals surface area contributed by atoms with Gasteiger partial charge in [0.2, 0.25) is 0 Å². The average Bonchev–Trinajstić information content (AvgIpc) is 3.01. The van der Waals surface area contributed by atoms with Crippen LogP contribution in [-0.2, 0) is 23.9 Å². The van der Waals surface area contributed by atoms with E-state index in [4.69, 9.17) is 9.47 Å². The summed E-state index contributed by atoms with van der Waals surface area (Å²) in [5.41, 5.74) is 0. The molecule has 0 aromatic carbocycles. The summed E-state index contributed by atoms with van der Waals surface area (Å²) in [6.07, 6.45) is 35.9. The second-order valence-electron chi connectivity index (χ2n) is 12.8. The molecule has 0 N–H and O–H groups in total. The van der Waals surface area contributed by atoms with Crippen molar-refractivity contribution in [2.75, 3.05) is 18.1 Å². The van der Waals surface area contributed by atoms with Crippen molar-refractivity contribution in [3.63, 3.8) is 0 Å². The highest BCUT2D eigenvalue weighted by molar-refractivity contribution is 7.99. The molecule has 0 aromatic rings. The number of carbonyl (C=O) groups is 3. The van der Waals surface area contributed by atoms with E-state index in [-0.39, 0.29) is 12.4 Å². The fraction of sp³-hybridized carbons (Fsp3) is 0.921. The zero-order chi connectivity index (χ0) is 32.2. The van der Waals surface area contributed by atoms with E-state index in [0.29, 0.717) is 31.0 Å². The van der Waals surface area contributed by atoms with Crippen LogP contribution in [0.1, 0.15) is 206 Å². The topological polar surface area (TPSA) is 69.7 Å². The smallest absolute Gasteiger partial charge is 0.315 e. The molecule has 0 bridgehead atoms. The van der Waals surface area contributed by atoms with Crippen molar-refractivity contribution in [1.29, 1.82) is 0 Å². The summed E-state index contributed by atoms with van der Waals surface area (Å²) in [6, 6.07) is 0. The van der Waals surface area contributed by atoms with E-state index in [9.17, 15) is 14.4 Å². The molecule has 0 aliphatic rings. The summed E-state index contributed by atoms with van der Waals surface area (Å²) in [7, 11) is 0. The van der Waals surface area contributed by atoms with Gasteiger partial charge in [0.1, 0.15) is 0 Å². The zero-order valence-electron chi connectivity index (χ0n) is 29.3. The molecule has 0 spiro atoms. The summed E-state index contributed by atoms with van der Waals surface area (Å²) >= 11 is 1.47. The predicted molar refractivity (Wildman–Crippen MR) is 189 cm³/mol. The number of hydrogen-bond acceptors (Lipinski definition) is 6. The number of esters is 3. The first-order valence-electron chi connectivity index (χ1n) is 19.1. The number of carbonyl (C=O) groups excluding carboxylic acids is 3. The van der Waals surface area contributed by atoms with Gasteiger partial charge < -0.3 is 9.47 Å². The number of ether oxygens (including phenoxy) is 2. The van der Waals surface area contributed by atoms with Gasteiger partial charge in [0.15, 0.2) is 0 Å². The molecule has 6 heteroatoms. The molecule has 0 atom stereocenters. The predicted octanol–water partition coefficient (Wildman–Crippen LogP) is 12.1. The molecule has 0 aromatic heterocycles. The van der Waals surface area contributed by atoms with Crippen molar-refractivity contribution in [2.24, 2.45) is 0 Å². The van der Waals surface area contributed by atoms with Gasteiger partial charge in [-0.25, -0.2) is 0 Å². The maximum absolute atomic E-state index is 11.9. The molecule has 0 aliphatic carbocycles. The van der Waals surface area contributed by atoms with E-state index in [1.54, 1.807) is 0 Å². The Morgan fingerprint density at radius 3 is 1.16 bits per heavy atom. The summed E-state index contributed by atoms with van der Waals surface area (Å²) in [5, 5.41) is 0. The van der Waals surface area contributed by atoms with Crippen molar-refractivity contribution >= 4 is 29.7 Å². The Labute approximate surface area is 277 Å². The average molecular weight is 641 g/mol. The van der Waals surface area contributed by atoms with E-state index in [1.807, 2.05) is 0 Å². The van der Waals surface area contributed by atoms with E-state index < -0.39 is 11.9 Å². The van der Waals surface area contributed by atoms with Crippen molar-refractivity contribution in [3.8, 4) is 0 Å². The Hall–Kier alpha value is -1.04. The minimum atomic E-state index is -0.453. The number of thioether (sulfide) groups is 1. The molecule has 0 saturated heterocycles. The molecule has 0 rings (SSSR count). The van der Waals surface area contributed by atoms with Gasteiger partial charge in [-0.2, -0.15) is 11.8 Å². The van der Waals surface area contributed by atoms with Crippen LogP contribution in [0.3, 0.4) is 0 Å². The first-order valence-corrected chi connectivity index (χ1v) is 20.2. The number of hydrogen-bond donors (Lipinski definition) is 0. The summed E-state index contributed by atoms with van der Waals surface area (Å²) < 4.78 is 10.3. The van der Waals surface area contributed by atoms with Gasteiger partial charge in [-0.1, -0.05) is 174 Å². The normalized spacial score (nSPS) is 11.1. The molecule has 0 unspecified atom stereocenters. The lowest BCUT2D eigenvalue weighted by Gasteiger charge is -2.06. The Bertz CT molecular complexity index is 639. The lowest BCUT2D eigenvalue weighted by atomic mass is 10.0. The van der Waals surface area contributed by atoms with Crippen molar-refractivity contribution < 1.29 is 23.9 Å². The Morgan fingerprint density at radius 2 is 0.750 bits per heavy atom. The standard InChI is InChI=1S/C38H72O5S/c1-3-5-7-9-11-13-15-17-18-19-20-22-24-26-28-31-36(39)43-37(40)32-30-34-44-35-38(41)42-33-29-27-25-23-21-16-14-12-10-8-6-4-2/h3-35H2,1-2H3. The van der Waals surface area contributed by atoms with Gasteiger partial charge in [0.25, 0.3) is 0 Å². The molecule has 0 fully saturated rings. The van der Waals surface area contributed by atoms with Crippen LogP contribution in [0.15, 0.2) is 0 Å². The van der Waals surface area contributed by atoms with E-state index in [2.05, 4.69) is 13.8 Å². The molecule has 0 heterocycles. The number of rotatable bonds is 35. The SMILES string of the molecule is CCCCCCCCCCCCCCCCCC(=O)OC(=O)CCCSCC(=O)OCCCCCCCCCCCCCC. The van der Waals surface area contributed by atoms with Crippen LogP contribution in [0.5, 0.6) is 0 Å². The zero-order valence-corrected chi connectivity index (χ0v) is 30.1. The van der Waals surface area contributed by atoms with Crippen LogP contribution in [0, 0.1) is 0 Å². The highest BCUT2D eigenvalue weighted by atomic mass is 32.2. The first kappa shape index (κ1) is 43.0. The van der Waals surface area contributed by atoms with Crippen LogP contribution in [0.25, 0.3) is 0 Å². The van der Waals surface area contributed by atoms with Gasteiger partial charge in [0.05, 0.1) is 12.4 Å². The fourth-order valence-electron chi connectivity index (χ4n) is 5.51. The van der Waals surface area contributed by atoms with Gasteiger partial charge in [0, 0.05) is 12.8 Å². The molecule has 0 aliphatic heterocycles. The molecule has 44 heavy (non-hydrogen) atoms. The lowest BCUT2D eigenvalue weighted by Crippen LogP contribution is -2.12. The second-order valence-corrected chi connectivity index (χ2v) is 13.9. The number of unbranched alkanes of at least 4 members (excludes halogenated alkanes) is 25. The minimum Gasteiger partial charge on any atom is -0.465 e. The highest BCUT2D eigenvalue weighted by Gasteiger charge is 2.10. The van der Waals surface area contributed by atoms with Gasteiger partial charge >= 0.3 is 17.9 Å². The largest absolute Gasteiger partial charge is 0.465 e. The third kappa shape index (κ3) is 35.4. The van der Waals surface area contributed by atoms with E-state index >= 15 is 0 Å². The molecule has 0 radical (unpaired) electrons. The van der Waals surface area contributed by atoms with Gasteiger partial charge in [-0.15, -0.1) is 0 Å². The summed E-state index contributed by atoms with van der Waals surface area (Å²) in [5.74, 6) is -0.0502. The van der Waals surface area contributed by atoms with Crippen molar-refractivity contribution in [3.05, 3.63) is 0 Å². The Balaban J connectivity index is 3.37. The highest BCUT2D eigenvalue weighted by Crippen LogP contribution is 2.15. The summed E-state index contributed by atoms with van der Waals surface area (Å²) in [6.45, 7) is 5.03. The Morgan fingerprint density at radius 1 is 0.409 bits per heavy atom. The monoisotopic (exact) mass is 641 g/mol. The lowest BCUT2D eigenvalue weighted by molar-refractivity contribution is -0.159. The minimum absolute atomic E-state index is 0.181. The van der Waals surface area contributed by atoms with Gasteiger partial charge in [-0.05, 0) is 25.0 Å². The maximum Gasteiger partial charge on any atom is 0.315 e.